The molecule has 1 atom stereocenters. The second kappa shape index (κ2) is 3.48. The SMILES string of the molecule is C=CC(C)c1cccc(F)c1F. The minimum absolute atomic E-state index is 0.152. The first kappa shape index (κ1) is 8.91. The summed E-state index contributed by atoms with van der Waals surface area (Å²) in [6.07, 6.45) is 1.58. The largest absolute Gasteiger partial charge is 0.204 e. The maximum Gasteiger partial charge on any atom is 0.162 e. The zero-order valence-corrected chi connectivity index (χ0v) is 6.85. The molecule has 1 aromatic rings. The van der Waals surface area contributed by atoms with Crippen molar-refractivity contribution in [2.75, 3.05) is 0 Å². The van der Waals surface area contributed by atoms with E-state index >= 15 is 0 Å². The van der Waals surface area contributed by atoms with Crippen LogP contribution in [0.1, 0.15) is 18.4 Å². The highest BCUT2D eigenvalue weighted by atomic mass is 19.2. The Labute approximate surface area is 70.5 Å². The van der Waals surface area contributed by atoms with Gasteiger partial charge in [-0.15, -0.1) is 6.58 Å². The number of hydrogen-bond donors (Lipinski definition) is 0. The Hall–Kier alpha value is -1.18. The van der Waals surface area contributed by atoms with Crippen LogP contribution in [0.2, 0.25) is 0 Å². The molecule has 12 heavy (non-hydrogen) atoms. The van der Waals surface area contributed by atoms with Gasteiger partial charge in [-0.05, 0) is 11.6 Å². The first-order chi connectivity index (χ1) is 5.66. The summed E-state index contributed by atoms with van der Waals surface area (Å²) >= 11 is 0. The van der Waals surface area contributed by atoms with E-state index in [1.807, 2.05) is 0 Å². The number of benzene rings is 1. The Kier molecular flexibility index (Phi) is 2.58. The Balaban J connectivity index is 3.15. The van der Waals surface area contributed by atoms with Gasteiger partial charge in [0.15, 0.2) is 11.6 Å². The van der Waals surface area contributed by atoms with Crippen LogP contribution in [0.4, 0.5) is 8.78 Å². The van der Waals surface area contributed by atoms with Crippen molar-refractivity contribution in [2.45, 2.75) is 12.8 Å². The fraction of sp³-hybridized carbons (Fsp3) is 0.200. The second-order valence-corrected chi connectivity index (χ2v) is 2.67. The summed E-state index contributed by atoms with van der Waals surface area (Å²) in [6, 6.07) is 4.16. The van der Waals surface area contributed by atoms with Crippen LogP contribution < -0.4 is 0 Å². The van der Waals surface area contributed by atoms with E-state index in [-0.39, 0.29) is 5.92 Å². The van der Waals surface area contributed by atoms with Gasteiger partial charge in [-0.25, -0.2) is 8.78 Å². The van der Waals surface area contributed by atoms with Gasteiger partial charge in [0.1, 0.15) is 0 Å². The summed E-state index contributed by atoms with van der Waals surface area (Å²) in [5.41, 5.74) is 0.352. The Morgan fingerprint density at radius 2 is 2.08 bits per heavy atom. The molecule has 64 valence electrons. The predicted octanol–water partition coefficient (Wildman–Crippen LogP) is 3.25. The molecule has 0 saturated heterocycles. The minimum Gasteiger partial charge on any atom is -0.204 e. The van der Waals surface area contributed by atoms with Crippen molar-refractivity contribution < 1.29 is 8.78 Å². The second-order valence-electron chi connectivity index (χ2n) is 2.67. The first-order valence-electron chi connectivity index (χ1n) is 3.73. The summed E-state index contributed by atoms with van der Waals surface area (Å²) in [5.74, 6) is -1.73. The molecule has 0 heterocycles. The molecule has 1 unspecified atom stereocenters. The molecule has 0 aromatic heterocycles. The highest BCUT2D eigenvalue weighted by Crippen LogP contribution is 2.20. The van der Waals surface area contributed by atoms with E-state index in [1.54, 1.807) is 19.1 Å². The molecule has 0 spiro atoms. The highest BCUT2D eigenvalue weighted by Gasteiger charge is 2.10. The quantitative estimate of drug-likeness (QED) is 0.594. The van der Waals surface area contributed by atoms with E-state index in [2.05, 4.69) is 6.58 Å². The van der Waals surface area contributed by atoms with Crippen LogP contribution in [-0.4, -0.2) is 0 Å². The highest BCUT2D eigenvalue weighted by molar-refractivity contribution is 5.25. The Morgan fingerprint density at radius 1 is 1.42 bits per heavy atom. The van der Waals surface area contributed by atoms with Gasteiger partial charge in [-0.2, -0.15) is 0 Å². The minimum atomic E-state index is -0.804. The number of rotatable bonds is 2. The van der Waals surface area contributed by atoms with Crippen LogP contribution in [0.5, 0.6) is 0 Å². The van der Waals surface area contributed by atoms with Gasteiger partial charge in [0, 0.05) is 5.92 Å². The maximum atomic E-state index is 13.0. The van der Waals surface area contributed by atoms with Crippen molar-refractivity contribution in [3.8, 4) is 0 Å². The van der Waals surface area contributed by atoms with Crippen molar-refractivity contribution >= 4 is 0 Å². The van der Waals surface area contributed by atoms with E-state index in [1.165, 1.54) is 6.07 Å². The molecule has 2 heteroatoms. The Morgan fingerprint density at radius 3 is 2.67 bits per heavy atom. The third kappa shape index (κ3) is 1.52. The molecule has 0 amide bonds. The lowest BCUT2D eigenvalue weighted by molar-refractivity contribution is 0.496. The molecule has 0 radical (unpaired) electrons. The van der Waals surface area contributed by atoms with Gasteiger partial charge in [0.05, 0.1) is 0 Å². The molecule has 0 bridgehead atoms. The smallest absolute Gasteiger partial charge is 0.162 e. The number of hydrogen-bond acceptors (Lipinski definition) is 0. The summed E-state index contributed by atoms with van der Waals surface area (Å²) < 4.78 is 25.7. The topological polar surface area (TPSA) is 0 Å². The average Bonchev–Trinajstić information content (AvgIpc) is 2.08. The standard InChI is InChI=1S/C10H10F2/c1-3-7(2)8-5-4-6-9(11)10(8)12/h3-7H,1H2,2H3. The normalized spacial score (nSPS) is 12.6. The average molecular weight is 168 g/mol. The molecular weight excluding hydrogens is 158 g/mol. The van der Waals surface area contributed by atoms with Gasteiger partial charge in [0.25, 0.3) is 0 Å². The van der Waals surface area contributed by atoms with Crippen LogP contribution in [0.25, 0.3) is 0 Å². The third-order valence-corrected chi connectivity index (χ3v) is 1.83. The third-order valence-electron chi connectivity index (χ3n) is 1.83. The zero-order chi connectivity index (χ0) is 9.14. The van der Waals surface area contributed by atoms with Crippen molar-refractivity contribution in [2.24, 2.45) is 0 Å². The van der Waals surface area contributed by atoms with E-state index in [9.17, 15) is 8.78 Å². The van der Waals surface area contributed by atoms with Gasteiger partial charge in [0.2, 0.25) is 0 Å². The number of halogens is 2. The van der Waals surface area contributed by atoms with Gasteiger partial charge in [-0.1, -0.05) is 25.1 Å². The molecule has 0 nitrogen and oxygen atoms in total. The molecule has 0 aliphatic heterocycles. The lowest BCUT2D eigenvalue weighted by Gasteiger charge is -2.07. The van der Waals surface area contributed by atoms with Crippen molar-refractivity contribution in [1.29, 1.82) is 0 Å². The summed E-state index contributed by atoms with van der Waals surface area (Å²) in [7, 11) is 0. The molecule has 0 aliphatic carbocycles. The lowest BCUT2D eigenvalue weighted by atomic mass is 10.0. The Bertz CT molecular complexity index is 292. The molecule has 1 rings (SSSR count). The predicted molar refractivity (Wildman–Crippen MR) is 45.0 cm³/mol. The van der Waals surface area contributed by atoms with E-state index in [4.69, 9.17) is 0 Å². The molecular formula is C10H10F2. The summed E-state index contributed by atoms with van der Waals surface area (Å²) in [5, 5.41) is 0. The van der Waals surface area contributed by atoms with Crippen LogP contribution in [0, 0.1) is 11.6 Å². The monoisotopic (exact) mass is 168 g/mol. The first-order valence-corrected chi connectivity index (χ1v) is 3.73. The van der Waals surface area contributed by atoms with Gasteiger partial charge >= 0.3 is 0 Å². The van der Waals surface area contributed by atoms with Crippen LogP contribution in [-0.2, 0) is 0 Å². The summed E-state index contributed by atoms with van der Waals surface area (Å²) in [4.78, 5) is 0. The molecule has 0 fully saturated rings. The van der Waals surface area contributed by atoms with Crippen molar-refractivity contribution in [3.05, 3.63) is 48.1 Å². The zero-order valence-electron chi connectivity index (χ0n) is 6.85. The molecule has 1 aromatic carbocycles. The van der Waals surface area contributed by atoms with Crippen LogP contribution in [0.3, 0.4) is 0 Å². The molecule has 0 saturated carbocycles. The fourth-order valence-electron chi connectivity index (χ4n) is 0.999. The lowest BCUT2D eigenvalue weighted by Crippen LogP contribution is -1.96. The van der Waals surface area contributed by atoms with E-state index < -0.39 is 11.6 Å². The van der Waals surface area contributed by atoms with Gasteiger partial charge < -0.3 is 0 Å². The fourth-order valence-corrected chi connectivity index (χ4v) is 0.999. The van der Waals surface area contributed by atoms with Crippen LogP contribution in [0.15, 0.2) is 30.9 Å². The van der Waals surface area contributed by atoms with Crippen LogP contribution >= 0.6 is 0 Å². The van der Waals surface area contributed by atoms with E-state index in [0.29, 0.717) is 5.56 Å². The van der Waals surface area contributed by atoms with E-state index in [0.717, 1.165) is 6.07 Å². The summed E-state index contributed by atoms with van der Waals surface area (Å²) in [6.45, 7) is 5.29. The van der Waals surface area contributed by atoms with Crippen molar-refractivity contribution in [1.82, 2.24) is 0 Å². The maximum absolute atomic E-state index is 13.0. The number of allylic oxidation sites excluding steroid dienone is 1. The van der Waals surface area contributed by atoms with Gasteiger partial charge in [-0.3, -0.25) is 0 Å². The van der Waals surface area contributed by atoms with Crippen molar-refractivity contribution in [3.63, 3.8) is 0 Å². The molecule has 0 aliphatic rings. The molecule has 0 N–H and O–H groups in total.